The molecule has 1 N–H and O–H groups in total. The number of hydrogen-bond acceptors (Lipinski definition) is 3. The van der Waals surface area contributed by atoms with Gasteiger partial charge in [-0.1, -0.05) is 13.0 Å². The number of carbonyl (C=O) groups is 1. The van der Waals surface area contributed by atoms with Gasteiger partial charge >= 0.3 is 0 Å². The van der Waals surface area contributed by atoms with Crippen molar-refractivity contribution in [2.45, 2.75) is 13.5 Å². The van der Waals surface area contributed by atoms with E-state index in [1.807, 2.05) is 48.1 Å². The molecular weight excluding hydrogens is 276 g/mol. The average Bonchev–Trinajstić information content (AvgIpc) is 3.12. The van der Waals surface area contributed by atoms with Crippen LogP contribution in [0.25, 0.3) is 0 Å². The van der Waals surface area contributed by atoms with E-state index in [-0.39, 0.29) is 11.8 Å². The molecule has 3 heterocycles. The molecule has 0 saturated carbocycles. The molecule has 1 saturated heterocycles. The minimum absolute atomic E-state index is 0.0160. The van der Waals surface area contributed by atoms with Crippen molar-refractivity contribution in [3.8, 4) is 0 Å². The van der Waals surface area contributed by atoms with E-state index in [4.69, 9.17) is 0 Å². The zero-order valence-electron chi connectivity index (χ0n) is 13.1. The van der Waals surface area contributed by atoms with Crippen molar-refractivity contribution < 1.29 is 4.79 Å². The second-order valence-corrected chi connectivity index (χ2v) is 6.00. The van der Waals surface area contributed by atoms with Gasteiger partial charge < -0.3 is 14.8 Å². The standard InChI is InChI=1S/C17H22N4O/c1-13-11-21(16-7-3-4-8-18-16)12-15(13)17(22)19-10-14-6-5-9-20(14)2/h3-9,13,15H,10-12H2,1-2H3,(H,19,22)/t13-,15-/m1/s1. The van der Waals surface area contributed by atoms with E-state index in [1.165, 1.54) is 0 Å². The number of pyridine rings is 1. The molecule has 22 heavy (non-hydrogen) atoms. The van der Waals surface area contributed by atoms with Gasteiger partial charge in [-0.15, -0.1) is 0 Å². The summed E-state index contributed by atoms with van der Waals surface area (Å²) >= 11 is 0. The van der Waals surface area contributed by atoms with Crippen molar-refractivity contribution in [1.29, 1.82) is 0 Å². The normalized spacial score (nSPS) is 21.1. The third-order valence-electron chi connectivity index (χ3n) is 4.42. The van der Waals surface area contributed by atoms with Gasteiger partial charge in [0.1, 0.15) is 5.82 Å². The van der Waals surface area contributed by atoms with Gasteiger partial charge in [0.15, 0.2) is 0 Å². The maximum absolute atomic E-state index is 12.5. The minimum atomic E-state index is 0.0160. The molecule has 1 aliphatic heterocycles. The van der Waals surface area contributed by atoms with Gasteiger partial charge in [0, 0.05) is 38.2 Å². The zero-order chi connectivity index (χ0) is 15.5. The summed E-state index contributed by atoms with van der Waals surface area (Å²) in [4.78, 5) is 19.0. The molecule has 1 amide bonds. The second-order valence-electron chi connectivity index (χ2n) is 6.00. The van der Waals surface area contributed by atoms with Gasteiger partial charge in [-0.2, -0.15) is 0 Å². The number of carbonyl (C=O) groups excluding carboxylic acids is 1. The summed E-state index contributed by atoms with van der Waals surface area (Å²) in [6, 6.07) is 9.90. The average molecular weight is 298 g/mol. The third-order valence-corrected chi connectivity index (χ3v) is 4.42. The van der Waals surface area contributed by atoms with E-state index >= 15 is 0 Å². The molecule has 0 aromatic carbocycles. The Bertz CT molecular complexity index is 637. The second kappa shape index (κ2) is 6.22. The SMILES string of the molecule is C[C@@H]1CN(c2ccccn2)C[C@H]1C(=O)NCc1cccn1C. The van der Waals surface area contributed by atoms with Crippen LogP contribution in [0.3, 0.4) is 0 Å². The lowest BCUT2D eigenvalue weighted by atomic mass is 9.97. The fourth-order valence-electron chi connectivity index (χ4n) is 3.02. The van der Waals surface area contributed by atoms with E-state index in [2.05, 4.69) is 22.1 Å². The quantitative estimate of drug-likeness (QED) is 0.936. The first-order valence-corrected chi connectivity index (χ1v) is 7.69. The maximum Gasteiger partial charge on any atom is 0.225 e. The number of amides is 1. The Kier molecular flexibility index (Phi) is 4.13. The molecule has 0 radical (unpaired) electrons. The van der Waals surface area contributed by atoms with Gasteiger partial charge in [0.2, 0.25) is 5.91 Å². The Morgan fingerprint density at radius 3 is 2.86 bits per heavy atom. The number of aromatic nitrogens is 2. The molecule has 2 aromatic rings. The summed E-state index contributed by atoms with van der Waals surface area (Å²) in [6.07, 6.45) is 3.78. The molecule has 116 valence electrons. The van der Waals surface area contributed by atoms with Crippen LogP contribution in [-0.2, 0) is 18.4 Å². The van der Waals surface area contributed by atoms with Crippen LogP contribution in [0.1, 0.15) is 12.6 Å². The summed E-state index contributed by atoms with van der Waals surface area (Å²) in [5.41, 5.74) is 1.11. The Morgan fingerprint density at radius 2 is 2.18 bits per heavy atom. The number of nitrogens with one attached hydrogen (secondary N) is 1. The fraction of sp³-hybridized carbons (Fsp3) is 0.412. The lowest BCUT2D eigenvalue weighted by Crippen LogP contribution is -2.34. The molecule has 1 aliphatic rings. The molecular formula is C17H22N4O. The molecule has 5 nitrogen and oxygen atoms in total. The molecule has 0 spiro atoms. The number of rotatable bonds is 4. The molecule has 2 atom stereocenters. The predicted molar refractivity (Wildman–Crippen MR) is 86.4 cm³/mol. The Morgan fingerprint density at radius 1 is 1.32 bits per heavy atom. The van der Waals surface area contributed by atoms with Gasteiger partial charge in [-0.25, -0.2) is 4.98 Å². The highest BCUT2D eigenvalue weighted by Gasteiger charge is 2.35. The summed E-state index contributed by atoms with van der Waals surface area (Å²) in [7, 11) is 1.99. The number of anilines is 1. The maximum atomic E-state index is 12.5. The van der Waals surface area contributed by atoms with Crippen molar-refractivity contribution >= 4 is 11.7 Å². The van der Waals surface area contributed by atoms with Crippen LogP contribution in [0.4, 0.5) is 5.82 Å². The van der Waals surface area contributed by atoms with Crippen molar-refractivity contribution in [2.24, 2.45) is 18.9 Å². The first-order chi connectivity index (χ1) is 10.6. The molecule has 3 rings (SSSR count). The zero-order valence-corrected chi connectivity index (χ0v) is 13.1. The minimum Gasteiger partial charge on any atom is -0.356 e. The first kappa shape index (κ1) is 14.6. The number of nitrogens with zero attached hydrogens (tertiary/aromatic N) is 3. The number of aryl methyl sites for hydroxylation is 1. The van der Waals surface area contributed by atoms with Crippen LogP contribution >= 0.6 is 0 Å². The lowest BCUT2D eigenvalue weighted by molar-refractivity contribution is -0.125. The first-order valence-electron chi connectivity index (χ1n) is 7.69. The topological polar surface area (TPSA) is 50.2 Å². The number of hydrogen-bond donors (Lipinski definition) is 1. The van der Waals surface area contributed by atoms with Crippen LogP contribution in [-0.4, -0.2) is 28.5 Å². The smallest absolute Gasteiger partial charge is 0.225 e. The van der Waals surface area contributed by atoms with Crippen molar-refractivity contribution in [3.63, 3.8) is 0 Å². The lowest BCUT2D eigenvalue weighted by Gasteiger charge is -2.17. The van der Waals surface area contributed by atoms with E-state index in [0.717, 1.165) is 24.6 Å². The van der Waals surface area contributed by atoms with E-state index < -0.39 is 0 Å². The predicted octanol–water partition coefficient (Wildman–Crippen LogP) is 1.81. The third kappa shape index (κ3) is 2.98. The van der Waals surface area contributed by atoms with E-state index in [0.29, 0.717) is 12.5 Å². The van der Waals surface area contributed by atoms with Gasteiger partial charge in [-0.05, 0) is 30.2 Å². The van der Waals surface area contributed by atoms with Crippen molar-refractivity contribution in [2.75, 3.05) is 18.0 Å². The highest BCUT2D eigenvalue weighted by Crippen LogP contribution is 2.26. The van der Waals surface area contributed by atoms with Crippen LogP contribution in [0, 0.1) is 11.8 Å². The largest absolute Gasteiger partial charge is 0.356 e. The van der Waals surface area contributed by atoms with Crippen LogP contribution < -0.4 is 10.2 Å². The van der Waals surface area contributed by atoms with Crippen LogP contribution in [0.15, 0.2) is 42.7 Å². The van der Waals surface area contributed by atoms with Gasteiger partial charge in [-0.3, -0.25) is 4.79 Å². The summed E-state index contributed by atoms with van der Waals surface area (Å²) in [5.74, 6) is 1.43. The van der Waals surface area contributed by atoms with Crippen molar-refractivity contribution in [3.05, 3.63) is 48.4 Å². The van der Waals surface area contributed by atoms with Crippen LogP contribution in [0.5, 0.6) is 0 Å². The molecule has 0 aliphatic carbocycles. The van der Waals surface area contributed by atoms with Gasteiger partial charge in [0.25, 0.3) is 0 Å². The highest BCUT2D eigenvalue weighted by molar-refractivity contribution is 5.80. The molecule has 0 bridgehead atoms. The monoisotopic (exact) mass is 298 g/mol. The summed E-state index contributed by atoms with van der Waals surface area (Å²) < 4.78 is 2.03. The Labute approximate surface area is 131 Å². The van der Waals surface area contributed by atoms with E-state index in [1.54, 1.807) is 6.20 Å². The summed E-state index contributed by atoms with van der Waals surface area (Å²) in [5, 5.41) is 3.06. The molecule has 0 unspecified atom stereocenters. The molecule has 1 fully saturated rings. The highest BCUT2D eigenvalue weighted by atomic mass is 16.1. The molecule has 2 aromatic heterocycles. The van der Waals surface area contributed by atoms with Gasteiger partial charge in [0.05, 0.1) is 12.5 Å². The summed E-state index contributed by atoms with van der Waals surface area (Å²) in [6.45, 7) is 4.32. The fourth-order valence-corrected chi connectivity index (χ4v) is 3.02. The Hall–Kier alpha value is -2.30. The van der Waals surface area contributed by atoms with Crippen LogP contribution in [0.2, 0.25) is 0 Å². The van der Waals surface area contributed by atoms with Crippen molar-refractivity contribution in [1.82, 2.24) is 14.9 Å². The Balaban J connectivity index is 1.60. The molecule has 5 heteroatoms. The van der Waals surface area contributed by atoms with E-state index in [9.17, 15) is 4.79 Å².